The van der Waals surface area contributed by atoms with Crippen LogP contribution < -0.4 is 0 Å². The number of allylic oxidation sites excluding steroid dienone is 1. The number of nitrogens with one attached hydrogen (secondary N) is 2. The Kier molecular flexibility index (Phi) is 3.85. The van der Waals surface area contributed by atoms with Crippen molar-refractivity contribution in [1.29, 1.82) is 0 Å². The summed E-state index contributed by atoms with van der Waals surface area (Å²) in [7, 11) is 0. The van der Waals surface area contributed by atoms with Crippen LogP contribution in [0.1, 0.15) is 36.7 Å². The number of aryl methyl sites for hydroxylation is 1. The molecule has 0 amide bonds. The van der Waals surface area contributed by atoms with E-state index in [1.165, 1.54) is 40.9 Å². The minimum Gasteiger partial charge on any atom is -0.363 e. The Bertz CT molecular complexity index is 1250. The van der Waals surface area contributed by atoms with Crippen molar-refractivity contribution >= 4 is 10.9 Å². The minimum absolute atomic E-state index is 0.691. The normalized spacial score (nSPS) is 15.7. The maximum atomic E-state index is 4.88. The highest BCUT2D eigenvalue weighted by atomic mass is 15.2. The molecule has 3 heterocycles. The molecule has 0 radical (unpaired) electrons. The van der Waals surface area contributed by atoms with Crippen LogP contribution in [0.25, 0.3) is 33.5 Å². The van der Waals surface area contributed by atoms with Crippen molar-refractivity contribution in [3.8, 4) is 22.6 Å². The Morgan fingerprint density at radius 1 is 1.17 bits per heavy atom. The number of H-pyrrole nitrogens is 2. The summed E-state index contributed by atoms with van der Waals surface area (Å²) in [5.41, 5.74) is 9.37. The lowest BCUT2D eigenvalue weighted by Crippen LogP contribution is -2.16. The van der Waals surface area contributed by atoms with Crippen LogP contribution >= 0.6 is 0 Å². The van der Waals surface area contributed by atoms with Crippen LogP contribution in [0.3, 0.4) is 0 Å². The van der Waals surface area contributed by atoms with Gasteiger partial charge in [-0.05, 0) is 54.0 Å². The van der Waals surface area contributed by atoms with Gasteiger partial charge in [-0.3, -0.25) is 5.10 Å². The van der Waals surface area contributed by atoms with Crippen LogP contribution in [0, 0.1) is 5.92 Å². The quantitative estimate of drug-likeness (QED) is 0.474. The van der Waals surface area contributed by atoms with Crippen LogP contribution in [0.5, 0.6) is 0 Å². The molecule has 0 spiro atoms. The number of aromatic nitrogens is 4. The highest BCUT2D eigenvalue weighted by molar-refractivity contribution is 5.94. The van der Waals surface area contributed by atoms with Gasteiger partial charge in [-0.2, -0.15) is 5.10 Å². The maximum Gasteiger partial charge on any atom is 0.159 e. The van der Waals surface area contributed by atoms with Gasteiger partial charge in [0.25, 0.3) is 0 Å². The van der Waals surface area contributed by atoms with E-state index in [-0.39, 0.29) is 0 Å². The van der Waals surface area contributed by atoms with E-state index in [0.29, 0.717) is 5.92 Å². The number of rotatable bonds is 5. The predicted molar refractivity (Wildman–Crippen MR) is 120 cm³/mol. The molecule has 2 aromatic carbocycles. The van der Waals surface area contributed by atoms with Gasteiger partial charge in [0.1, 0.15) is 5.69 Å². The van der Waals surface area contributed by atoms with E-state index in [0.717, 1.165) is 47.6 Å². The van der Waals surface area contributed by atoms with Crippen molar-refractivity contribution in [3.63, 3.8) is 0 Å². The fraction of sp³-hybridized carbons (Fsp3) is 0.280. The zero-order valence-electron chi connectivity index (χ0n) is 17.2. The first-order valence-corrected chi connectivity index (χ1v) is 10.8. The minimum atomic E-state index is 0.691. The summed E-state index contributed by atoms with van der Waals surface area (Å²) in [5, 5.41) is 8.91. The first-order valence-electron chi connectivity index (χ1n) is 10.8. The van der Waals surface area contributed by atoms with Crippen LogP contribution in [0.2, 0.25) is 0 Å². The number of hydrogen-bond donors (Lipinski definition) is 2. The predicted octanol–water partition coefficient (Wildman–Crippen LogP) is 5.42. The van der Waals surface area contributed by atoms with Gasteiger partial charge in [0.15, 0.2) is 5.82 Å². The van der Waals surface area contributed by atoms with Crippen LogP contribution in [0.4, 0.5) is 0 Å². The molecular weight excluding hydrogens is 370 g/mol. The van der Waals surface area contributed by atoms with Crippen LogP contribution in [-0.2, 0) is 19.5 Å². The Balaban J connectivity index is 1.31. The molecule has 0 saturated heterocycles. The molecule has 2 N–H and O–H groups in total. The third-order valence-corrected chi connectivity index (χ3v) is 6.51. The van der Waals surface area contributed by atoms with E-state index in [9.17, 15) is 0 Å². The first-order chi connectivity index (χ1) is 14.7. The number of fused-ring (bicyclic) bond motifs is 2. The lowest BCUT2D eigenvalue weighted by molar-refractivity contribution is 0.340. The fourth-order valence-corrected chi connectivity index (χ4v) is 4.60. The topological polar surface area (TPSA) is 60.6 Å². The maximum absolute atomic E-state index is 4.88. The summed E-state index contributed by atoms with van der Waals surface area (Å²) >= 11 is 0. The lowest BCUT2D eigenvalue weighted by Gasteiger charge is -2.19. The van der Waals surface area contributed by atoms with Crippen molar-refractivity contribution in [1.82, 2.24) is 25.1 Å². The van der Waals surface area contributed by atoms with Gasteiger partial charge in [-0.15, -0.1) is 0 Å². The van der Waals surface area contributed by atoms with Gasteiger partial charge in [0.2, 0.25) is 0 Å². The number of benzene rings is 2. The SMILES string of the molecule is C=C(C1CC1)N1Cc2nc(-c3n[nH]c4cc(-c5ccccc5CC)ccc34)[nH]c2C1. The van der Waals surface area contributed by atoms with E-state index in [1.807, 2.05) is 0 Å². The standard InChI is InChI=1S/C25H25N5/c1-3-16-6-4-5-7-19(16)18-10-11-20-21(12-18)28-29-24(20)25-26-22-13-30(14-23(22)27-25)15(2)17-8-9-17/h4-7,10-12,17H,2-3,8-9,13-14H2,1H3,(H,26,27)(H,28,29). The van der Waals surface area contributed by atoms with Gasteiger partial charge in [-0.1, -0.05) is 43.8 Å². The average molecular weight is 396 g/mol. The molecule has 1 saturated carbocycles. The Labute approximate surface area is 175 Å². The Hall–Kier alpha value is -3.34. The smallest absolute Gasteiger partial charge is 0.159 e. The molecule has 0 unspecified atom stereocenters. The summed E-state index contributed by atoms with van der Waals surface area (Å²) in [6, 6.07) is 15.1. The van der Waals surface area contributed by atoms with Gasteiger partial charge < -0.3 is 9.88 Å². The van der Waals surface area contributed by atoms with Crippen molar-refractivity contribution in [2.45, 2.75) is 39.3 Å². The molecule has 5 heteroatoms. The molecule has 5 nitrogen and oxygen atoms in total. The largest absolute Gasteiger partial charge is 0.363 e. The summed E-state index contributed by atoms with van der Waals surface area (Å²) < 4.78 is 0. The third kappa shape index (κ3) is 2.76. The van der Waals surface area contributed by atoms with Gasteiger partial charge in [0, 0.05) is 11.1 Å². The first kappa shape index (κ1) is 17.5. The molecule has 150 valence electrons. The molecule has 30 heavy (non-hydrogen) atoms. The van der Waals surface area contributed by atoms with E-state index < -0.39 is 0 Å². The molecule has 2 aromatic heterocycles. The molecule has 1 aliphatic heterocycles. The summed E-state index contributed by atoms with van der Waals surface area (Å²) in [6.45, 7) is 8.21. The second kappa shape index (κ2) is 6.59. The number of imidazole rings is 1. The third-order valence-electron chi connectivity index (χ3n) is 6.51. The van der Waals surface area contributed by atoms with Crippen molar-refractivity contribution in [2.75, 3.05) is 0 Å². The van der Waals surface area contributed by atoms with Crippen LogP contribution in [-0.4, -0.2) is 25.1 Å². The molecule has 6 rings (SSSR count). The van der Waals surface area contributed by atoms with E-state index in [2.05, 4.69) is 76.0 Å². The Morgan fingerprint density at radius 3 is 2.83 bits per heavy atom. The van der Waals surface area contributed by atoms with Gasteiger partial charge in [0.05, 0.1) is 30.0 Å². The van der Waals surface area contributed by atoms with Gasteiger partial charge >= 0.3 is 0 Å². The summed E-state index contributed by atoms with van der Waals surface area (Å²) in [6.07, 6.45) is 3.59. The van der Waals surface area contributed by atoms with E-state index >= 15 is 0 Å². The van der Waals surface area contributed by atoms with Crippen molar-refractivity contribution in [3.05, 3.63) is 71.7 Å². The lowest BCUT2D eigenvalue weighted by atomic mass is 9.97. The molecule has 0 atom stereocenters. The molecule has 1 aliphatic carbocycles. The van der Waals surface area contributed by atoms with Gasteiger partial charge in [-0.25, -0.2) is 4.98 Å². The highest BCUT2D eigenvalue weighted by Gasteiger charge is 2.32. The molecule has 1 fully saturated rings. The number of hydrogen-bond acceptors (Lipinski definition) is 3. The molecular formula is C25H25N5. The summed E-state index contributed by atoms with van der Waals surface area (Å²) in [5.74, 6) is 1.54. The fourth-order valence-electron chi connectivity index (χ4n) is 4.60. The van der Waals surface area contributed by atoms with Crippen molar-refractivity contribution < 1.29 is 0 Å². The molecule has 2 aliphatic rings. The molecule has 4 aromatic rings. The monoisotopic (exact) mass is 395 g/mol. The second-order valence-corrected chi connectivity index (χ2v) is 8.48. The average Bonchev–Trinajstić information content (AvgIpc) is 3.24. The Morgan fingerprint density at radius 2 is 2.03 bits per heavy atom. The highest BCUT2D eigenvalue weighted by Crippen LogP contribution is 2.40. The number of nitrogens with zero attached hydrogens (tertiary/aromatic N) is 3. The zero-order chi connectivity index (χ0) is 20.2. The van der Waals surface area contributed by atoms with E-state index in [4.69, 9.17) is 4.98 Å². The zero-order valence-corrected chi connectivity index (χ0v) is 17.2. The summed E-state index contributed by atoms with van der Waals surface area (Å²) in [4.78, 5) is 10.8. The number of aromatic amines is 2. The van der Waals surface area contributed by atoms with E-state index in [1.54, 1.807) is 0 Å². The second-order valence-electron chi connectivity index (χ2n) is 8.48. The molecule has 0 bridgehead atoms. The van der Waals surface area contributed by atoms with Crippen LogP contribution in [0.15, 0.2) is 54.7 Å². The van der Waals surface area contributed by atoms with Crippen molar-refractivity contribution in [2.24, 2.45) is 5.92 Å².